The minimum absolute atomic E-state index is 0.229. The van der Waals surface area contributed by atoms with E-state index in [0.29, 0.717) is 5.56 Å². The van der Waals surface area contributed by atoms with Gasteiger partial charge in [0.05, 0.1) is 16.6 Å². The molecule has 0 aliphatic heterocycles. The fourth-order valence-electron chi connectivity index (χ4n) is 1.05. The van der Waals surface area contributed by atoms with Crippen LogP contribution in [0.25, 0.3) is 6.08 Å². The highest BCUT2D eigenvalue weighted by atomic mass is 19.1. The molecule has 0 heterocycles. The van der Waals surface area contributed by atoms with Crippen molar-refractivity contribution in [3.8, 4) is 0 Å². The van der Waals surface area contributed by atoms with Crippen molar-refractivity contribution >= 4 is 11.8 Å². The number of rotatable bonds is 3. The van der Waals surface area contributed by atoms with E-state index in [1.54, 1.807) is 31.3 Å². The molecule has 0 bridgehead atoms. The normalized spacial score (nSPS) is 10.6. The second-order valence-electron chi connectivity index (χ2n) is 3.24. The van der Waals surface area contributed by atoms with Crippen molar-refractivity contribution in [3.63, 3.8) is 0 Å². The Morgan fingerprint density at radius 2 is 2.13 bits per heavy atom. The average Bonchev–Trinajstić information content (AvgIpc) is 2.15. The van der Waals surface area contributed by atoms with Gasteiger partial charge in [0.2, 0.25) is 0 Å². The van der Waals surface area contributed by atoms with E-state index in [4.69, 9.17) is 0 Å². The Morgan fingerprint density at radius 1 is 1.47 bits per heavy atom. The standard InChI is InChI=1S/C10H11FN2O2/c1-12(2)6-5-8-3-4-9(11)7-10(8)13(14)15/h3-7H,1-2H3. The minimum atomic E-state index is -0.608. The molecular formula is C10H11FN2O2. The molecule has 0 saturated carbocycles. The average molecular weight is 210 g/mol. The van der Waals surface area contributed by atoms with Crippen molar-refractivity contribution in [3.05, 3.63) is 45.9 Å². The number of halogens is 1. The summed E-state index contributed by atoms with van der Waals surface area (Å²) in [6.07, 6.45) is 3.23. The van der Waals surface area contributed by atoms with Gasteiger partial charge in [-0.1, -0.05) is 0 Å². The smallest absolute Gasteiger partial charge is 0.279 e. The molecule has 5 heteroatoms. The summed E-state index contributed by atoms with van der Waals surface area (Å²) in [7, 11) is 3.59. The van der Waals surface area contributed by atoms with E-state index >= 15 is 0 Å². The third kappa shape index (κ3) is 3.05. The van der Waals surface area contributed by atoms with E-state index in [-0.39, 0.29) is 5.69 Å². The number of nitro groups is 1. The van der Waals surface area contributed by atoms with Crippen molar-refractivity contribution in [2.75, 3.05) is 14.1 Å². The first-order valence-electron chi connectivity index (χ1n) is 4.29. The van der Waals surface area contributed by atoms with E-state index in [9.17, 15) is 14.5 Å². The van der Waals surface area contributed by atoms with Crippen molar-refractivity contribution in [1.82, 2.24) is 4.90 Å². The van der Waals surface area contributed by atoms with E-state index in [1.807, 2.05) is 0 Å². The Balaban J connectivity index is 3.12. The van der Waals surface area contributed by atoms with Crippen molar-refractivity contribution < 1.29 is 9.31 Å². The molecule has 1 aromatic carbocycles. The quantitative estimate of drug-likeness (QED) is 0.568. The van der Waals surface area contributed by atoms with Crippen LogP contribution in [0.3, 0.4) is 0 Å². The van der Waals surface area contributed by atoms with E-state index in [2.05, 4.69) is 0 Å². The Bertz CT molecular complexity index is 402. The molecule has 0 aromatic heterocycles. The highest BCUT2D eigenvalue weighted by Gasteiger charge is 2.12. The molecule has 15 heavy (non-hydrogen) atoms. The topological polar surface area (TPSA) is 46.4 Å². The Labute approximate surface area is 86.8 Å². The molecule has 4 nitrogen and oxygen atoms in total. The van der Waals surface area contributed by atoms with E-state index < -0.39 is 10.7 Å². The lowest BCUT2D eigenvalue weighted by atomic mass is 10.1. The maximum Gasteiger partial charge on any atom is 0.279 e. The van der Waals surface area contributed by atoms with E-state index in [0.717, 1.165) is 6.07 Å². The second kappa shape index (κ2) is 4.54. The van der Waals surface area contributed by atoms with Crippen molar-refractivity contribution in [2.24, 2.45) is 0 Å². The molecule has 1 aromatic rings. The monoisotopic (exact) mass is 210 g/mol. The highest BCUT2D eigenvalue weighted by molar-refractivity contribution is 5.60. The van der Waals surface area contributed by atoms with Gasteiger partial charge >= 0.3 is 0 Å². The van der Waals surface area contributed by atoms with Gasteiger partial charge in [-0.05, 0) is 24.4 Å². The zero-order valence-corrected chi connectivity index (χ0v) is 8.48. The van der Waals surface area contributed by atoms with Crippen LogP contribution in [0.2, 0.25) is 0 Å². The summed E-state index contributed by atoms with van der Waals surface area (Å²) in [6, 6.07) is 3.49. The number of benzene rings is 1. The van der Waals surface area contributed by atoms with Gasteiger partial charge in [0.1, 0.15) is 5.82 Å². The SMILES string of the molecule is CN(C)C=Cc1ccc(F)cc1[N+](=O)[O-]. The zero-order valence-electron chi connectivity index (χ0n) is 8.48. The Morgan fingerprint density at radius 3 is 2.67 bits per heavy atom. The first-order chi connectivity index (χ1) is 7.00. The molecule has 0 amide bonds. The van der Waals surface area contributed by atoms with Gasteiger partial charge in [0.15, 0.2) is 0 Å². The molecule has 0 N–H and O–H groups in total. The number of hydrogen-bond acceptors (Lipinski definition) is 3. The van der Waals surface area contributed by atoms with E-state index in [1.165, 1.54) is 12.1 Å². The van der Waals surface area contributed by atoms with Crippen molar-refractivity contribution in [1.29, 1.82) is 0 Å². The molecule has 0 saturated heterocycles. The molecule has 0 unspecified atom stereocenters. The third-order valence-electron chi connectivity index (χ3n) is 1.74. The van der Waals surface area contributed by atoms with Crippen LogP contribution < -0.4 is 0 Å². The molecule has 0 fully saturated rings. The third-order valence-corrected chi connectivity index (χ3v) is 1.74. The molecule has 0 atom stereocenters. The minimum Gasteiger partial charge on any atom is -0.383 e. The summed E-state index contributed by atoms with van der Waals surface area (Å²) < 4.78 is 12.8. The van der Waals surface area contributed by atoms with Crippen LogP contribution in [0.4, 0.5) is 10.1 Å². The number of hydrogen-bond donors (Lipinski definition) is 0. The van der Waals surface area contributed by atoms with Crippen molar-refractivity contribution in [2.45, 2.75) is 0 Å². The number of nitrogens with zero attached hydrogens (tertiary/aromatic N) is 2. The van der Waals surface area contributed by atoms with Gasteiger partial charge in [0, 0.05) is 14.1 Å². The van der Waals surface area contributed by atoms with Crippen LogP contribution in [-0.4, -0.2) is 23.9 Å². The predicted octanol–water partition coefficient (Wildman–Crippen LogP) is 2.27. The fourth-order valence-corrected chi connectivity index (χ4v) is 1.05. The summed E-state index contributed by atoms with van der Waals surface area (Å²) in [5.41, 5.74) is 0.156. The summed E-state index contributed by atoms with van der Waals surface area (Å²) in [5.74, 6) is -0.608. The zero-order chi connectivity index (χ0) is 11.4. The van der Waals surface area contributed by atoms with Gasteiger partial charge in [-0.3, -0.25) is 10.1 Å². The van der Waals surface area contributed by atoms with Crippen LogP contribution in [0.15, 0.2) is 24.4 Å². The van der Waals surface area contributed by atoms with Gasteiger partial charge in [0.25, 0.3) is 5.69 Å². The lowest BCUT2D eigenvalue weighted by Crippen LogP contribution is -2.00. The molecule has 0 radical (unpaired) electrons. The summed E-state index contributed by atoms with van der Waals surface area (Å²) in [4.78, 5) is 11.8. The fraction of sp³-hybridized carbons (Fsp3) is 0.200. The lowest BCUT2D eigenvalue weighted by Gasteiger charge is -2.03. The van der Waals surface area contributed by atoms with Crippen LogP contribution in [0.5, 0.6) is 0 Å². The Kier molecular flexibility index (Phi) is 3.38. The van der Waals surface area contributed by atoms with Gasteiger partial charge < -0.3 is 4.90 Å². The van der Waals surface area contributed by atoms with Crippen LogP contribution in [0.1, 0.15) is 5.56 Å². The first kappa shape index (κ1) is 11.2. The predicted molar refractivity (Wildman–Crippen MR) is 55.8 cm³/mol. The molecular weight excluding hydrogens is 199 g/mol. The molecule has 0 spiro atoms. The molecule has 0 aliphatic rings. The highest BCUT2D eigenvalue weighted by Crippen LogP contribution is 2.20. The Hall–Kier alpha value is -1.91. The van der Waals surface area contributed by atoms with Crippen LogP contribution in [0, 0.1) is 15.9 Å². The second-order valence-corrected chi connectivity index (χ2v) is 3.24. The van der Waals surface area contributed by atoms with Gasteiger partial charge in [-0.25, -0.2) is 4.39 Å². The lowest BCUT2D eigenvalue weighted by molar-refractivity contribution is -0.385. The summed E-state index contributed by atoms with van der Waals surface area (Å²) >= 11 is 0. The number of nitro benzene ring substituents is 1. The van der Waals surface area contributed by atoms with Crippen LogP contribution >= 0.6 is 0 Å². The largest absolute Gasteiger partial charge is 0.383 e. The van der Waals surface area contributed by atoms with Crippen LogP contribution in [-0.2, 0) is 0 Å². The molecule has 1 rings (SSSR count). The first-order valence-corrected chi connectivity index (χ1v) is 4.29. The van der Waals surface area contributed by atoms with Gasteiger partial charge in [-0.15, -0.1) is 0 Å². The molecule has 80 valence electrons. The maximum atomic E-state index is 12.8. The summed E-state index contributed by atoms with van der Waals surface area (Å²) in [5, 5.41) is 10.6. The summed E-state index contributed by atoms with van der Waals surface area (Å²) in [6.45, 7) is 0. The maximum absolute atomic E-state index is 12.8. The molecule has 0 aliphatic carbocycles. The van der Waals surface area contributed by atoms with Gasteiger partial charge in [-0.2, -0.15) is 0 Å².